The third-order valence-corrected chi connectivity index (χ3v) is 8.34. The van der Waals surface area contributed by atoms with Crippen molar-refractivity contribution in [2.75, 3.05) is 36.6 Å². The van der Waals surface area contributed by atoms with Crippen LogP contribution in [0.25, 0.3) is 11.0 Å². The molecule has 0 saturated carbocycles. The topological polar surface area (TPSA) is 57.8 Å². The monoisotopic (exact) mass is 473 g/mol. The van der Waals surface area contributed by atoms with Crippen LogP contribution in [0.3, 0.4) is 0 Å². The molecule has 1 heterocycles. The molecule has 1 aromatic heterocycles. The van der Waals surface area contributed by atoms with Gasteiger partial charge in [-0.25, -0.2) is 4.79 Å². The van der Waals surface area contributed by atoms with Gasteiger partial charge in [-0.3, -0.25) is 4.74 Å². The van der Waals surface area contributed by atoms with Gasteiger partial charge in [-0.15, -0.1) is 0 Å². The predicted molar refractivity (Wildman–Crippen MR) is 147 cm³/mol. The molecule has 0 saturated heterocycles. The molecule has 4 rings (SSSR count). The van der Waals surface area contributed by atoms with E-state index in [9.17, 15) is 4.79 Å². The van der Waals surface area contributed by atoms with Gasteiger partial charge in [0.05, 0.1) is 11.4 Å². The number of rotatable bonds is 8. The molecule has 176 valence electrons. The first-order valence-corrected chi connectivity index (χ1v) is 14.3. The Bertz CT molecular complexity index is 1390. The van der Waals surface area contributed by atoms with E-state index in [1.165, 1.54) is 11.4 Å². The van der Waals surface area contributed by atoms with Crippen molar-refractivity contribution in [1.82, 2.24) is 0 Å². The van der Waals surface area contributed by atoms with Gasteiger partial charge >= 0.3 is 5.63 Å². The van der Waals surface area contributed by atoms with Crippen LogP contribution >= 0.6 is 7.05 Å². The molecule has 3 aromatic carbocycles. The smallest absolute Gasteiger partial charge is 0.338 e. The number of benzene rings is 3. The molecule has 34 heavy (non-hydrogen) atoms. The Kier molecular flexibility index (Phi) is 7.23. The van der Waals surface area contributed by atoms with E-state index in [4.69, 9.17) is 9.16 Å². The standard InChI is InChI=1S/C28H32N3O2P/c1-5-31(6-2)22-16-17-24-26(19-28(32)33-27(24)18-22)29-20-21-12-10-11-15-25(21)30-34(3,4)23-13-8-7-9-14-23/h7-19,29H,5-6,20H2,1-4H3. The van der Waals surface area contributed by atoms with Crippen LogP contribution in [-0.4, -0.2) is 26.4 Å². The number of fused-ring (bicyclic) bond motifs is 1. The summed E-state index contributed by atoms with van der Waals surface area (Å²) in [5, 5.41) is 5.63. The molecule has 4 aromatic rings. The molecular weight excluding hydrogens is 441 g/mol. The van der Waals surface area contributed by atoms with Crippen LogP contribution in [0.5, 0.6) is 0 Å². The minimum absolute atomic E-state index is 0.360. The Morgan fingerprint density at radius 3 is 2.35 bits per heavy atom. The van der Waals surface area contributed by atoms with Gasteiger partial charge in [-0.05, 0) is 56.2 Å². The van der Waals surface area contributed by atoms with E-state index in [0.29, 0.717) is 12.1 Å². The van der Waals surface area contributed by atoms with Crippen LogP contribution in [0.4, 0.5) is 17.1 Å². The first kappa shape index (κ1) is 23.8. The summed E-state index contributed by atoms with van der Waals surface area (Å²) < 4.78 is 10.7. The van der Waals surface area contributed by atoms with E-state index in [0.717, 1.165) is 41.1 Å². The summed E-state index contributed by atoms with van der Waals surface area (Å²) in [6, 6.07) is 26.3. The Morgan fingerprint density at radius 2 is 1.62 bits per heavy atom. The van der Waals surface area contributed by atoms with Gasteiger partial charge in [-0.2, -0.15) is 0 Å². The molecule has 0 radical (unpaired) electrons. The van der Waals surface area contributed by atoms with Crippen molar-refractivity contribution in [1.29, 1.82) is 0 Å². The molecule has 0 aliphatic rings. The molecule has 1 N–H and O–H groups in total. The molecule has 0 unspecified atom stereocenters. The number of nitrogens with one attached hydrogen (secondary N) is 1. The highest BCUT2D eigenvalue weighted by molar-refractivity contribution is 7.72. The van der Waals surface area contributed by atoms with Gasteiger partial charge in [0.2, 0.25) is 0 Å². The molecule has 5 nitrogen and oxygen atoms in total. The fourth-order valence-electron chi connectivity index (χ4n) is 4.15. The van der Waals surface area contributed by atoms with Crippen LogP contribution in [0.1, 0.15) is 19.4 Å². The average Bonchev–Trinajstić information content (AvgIpc) is 2.84. The molecular formula is C28H32N3O2P. The van der Waals surface area contributed by atoms with Gasteiger partial charge in [0, 0.05) is 49.9 Å². The highest BCUT2D eigenvalue weighted by Crippen LogP contribution is 2.44. The number of nitrogens with zero attached hydrogens (tertiary/aromatic N) is 2. The van der Waals surface area contributed by atoms with Gasteiger partial charge in [0.1, 0.15) is 5.58 Å². The van der Waals surface area contributed by atoms with Gasteiger partial charge in [0.15, 0.2) is 0 Å². The number of hydrogen-bond donors (Lipinski definition) is 1. The lowest BCUT2D eigenvalue weighted by Gasteiger charge is -2.21. The third-order valence-electron chi connectivity index (χ3n) is 6.06. The predicted octanol–water partition coefficient (Wildman–Crippen LogP) is 6.67. The van der Waals surface area contributed by atoms with E-state index in [1.54, 1.807) is 0 Å². The highest BCUT2D eigenvalue weighted by Gasteiger charge is 2.12. The second-order valence-electron chi connectivity index (χ2n) is 8.64. The summed E-state index contributed by atoms with van der Waals surface area (Å²) in [7, 11) is -1.68. The van der Waals surface area contributed by atoms with Crippen LogP contribution in [-0.2, 0) is 6.54 Å². The maximum Gasteiger partial charge on any atom is 0.338 e. The van der Waals surface area contributed by atoms with Gasteiger partial charge in [0.25, 0.3) is 0 Å². The molecule has 0 aliphatic heterocycles. The van der Waals surface area contributed by atoms with E-state index in [1.807, 2.05) is 30.3 Å². The summed E-state index contributed by atoms with van der Waals surface area (Å²) in [6.45, 7) is 11.0. The van der Waals surface area contributed by atoms with Crippen LogP contribution in [0.2, 0.25) is 0 Å². The van der Waals surface area contributed by atoms with E-state index in [2.05, 4.69) is 79.9 Å². The first-order valence-electron chi connectivity index (χ1n) is 11.7. The zero-order valence-electron chi connectivity index (χ0n) is 20.3. The molecule has 6 heteroatoms. The lowest BCUT2D eigenvalue weighted by atomic mass is 10.1. The Morgan fingerprint density at radius 1 is 0.912 bits per heavy atom. The highest BCUT2D eigenvalue weighted by atomic mass is 31.2. The normalized spacial score (nSPS) is 11.4. The summed E-state index contributed by atoms with van der Waals surface area (Å²) in [4.78, 5) is 14.5. The lowest BCUT2D eigenvalue weighted by molar-refractivity contribution is 0.561. The number of anilines is 2. The Hall–Kier alpha value is -3.30. The van der Waals surface area contributed by atoms with Crippen LogP contribution < -0.4 is 21.1 Å². The molecule has 0 amide bonds. The minimum atomic E-state index is -1.68. The Balaban J connectivity index is 1.65. The van der Waals surface area contributed by atoms with Gasteiger partial charge in [-0.1, -0.05) is 48.5 Å². The van der Waals surface area contributed by atoms with Gasteiger partial charge < -0.3 is 14.6 Å². The van der Waals surface area contributed by atoms with E-state index in [-0.39, 0.29) is 5.63 Å². The van der Waals surface area contributed by atoms with Crippen molar-refractivity contribution in [2.45, 2.75) is 20.4 Å². The minimum Gasteiger partial charge on any atom is -0.423 e. The summed E-state index contributed by atoms with van der Waals surface area (Å²) in [5.41, 5.74) is 4.12. The summed E-state index contributed by atoms with van der Waals surface area (Å²) >= 11 is 0. The molecule has 0 aliphatic carbocycles. The van der Waals surface area contributed by atoms with Crippen molar-refractivity contribution in [3.8, 4) is 0 Å². The van der Waals surface area contributed by atoms with E-state index >= 15 is 0 Å². The zero-order valence-corrected chi connectivity index (χ0v) is 21.2. The molecule has 0 spiro atoms. The van der Waals surface area contributed by atoms with Crippen LogP contribution in [0.15, 0.2) is 92.8 Å². The second-order valence-corrected chi connectivity index (χ2v) is 12.1. The van der Waals surface area contributed by atoms with Crippen molar-refractivity contribution < 1.29 is 4.42 Å². The fourth-order valence-corrected chi connectivity index (χ4v) is 5.90. The quantitative estimate of drug-likeness (QED) is 0.229. The fraction of sp³-hybridized carbons (Fsp3) is 0.250. The van der Waals surface area contributed by atoms with Crippen molar-refractivity contribution in [2.24, 2.45) is 4.74 Å². The lowest BCUT2D eigenvalue weighted by Crippen LogP contribution is -2.21. The first-order chi connectivity index (χ1) is 16.4. The van der Waals surface area contributed by atoms with Crippen molar-refractivity contribution in [3.05, 3.63) is 94.8 Å². The SMILES string of the molecule is CCN(CC)c1ccc2c(NCc3ccccc3N=P(C)(C)c3ccccc3)cc(=O)oc2c1. The average molecular weight is 474 g/mol. The molecule has 0 bridgehead atoms. The maximum absolute atomic E-state index is 12.3. The van der Waals surface area contributed by atoms with Crippen molar-refractivity contribution in [3.63, 3.8) is 0 Å². The van der Waals surface area contributed by atoms with E-state index < -0.39 is 7.05 Å². The van der Waals surface area contributed by atoms with Crippen molar-refractivity contribution >= 4 is 40.4 Å². The Labute approximate surface area is 201 Å². The third kappa shape index (κ3) is 5.26. The largest absolute Gasteiger partial charge is 0.423 e. The van der Waals surface area contributed by atoms with Crippen LogP contribution in [0, 0.1) is 0 Å². The summed E-state index contributed by atoms with van der Waals surface area (Å²) in [6.07, 6.45) is 0. The maximum atomic E-state index is 12.3. The summed E-state index contributed by atoms with van der Waals surface area (Å²) in [5.74, 6) is 0. The molecule has 0 atom stereocenters. The number of hydrogen-bond acceptors (Lipinski definition) is 5. The molecule has 0 fully saturated rings. The second kappa shape index (κ2) is 10.3. The zero-order chi connectivity index (χ0) is 24.1.